The number of aromatic nitrogens is 2. The third kappa shape index (κ3) is 2.28. The topological polar surface area (TPSA) is 20.7 Å². The van der Waals surface area contributed by atoms with Crippen LogP contribution in [0.1, 0.15) is 30.4 Å². The fourth-order valence-corrected chi connectivity index (χ4v) is 5.50. The highest BCUT2D eigenvalue weighted by Gasteiger charge is 2.19. The summed E-state index contributed by atoms with van der Waals surface area (Å²) >= 11 is 0. The maximum atomic E-state index is 3.61. The first-order valence-electron chi connectivity index (χ1n) is 11.0. The summed E-state index contributed by atoms with van der Waals surface area (Å²) in [5, 5.41) is 5.23. The number of nitrogens with one attached hydrogen (secondary N) is 1. The van der Waals surface area contributed by atoms with Crippen LogP contribution in [0.3, 0.4) is 0 Å². The van der Waals surface area contributed by atoms with E-state index in [1.807, 2.05) is 0 Å². The predicted octanol–water partition coefficient (Wildman–Crippen LogP) is 7.94. The van der Waals surface area contributed by atoms with Crippen molar-refractivity contribution in [1.29, 1.82) is 0 Å². The van der Waals surface area contributed by atoms with Gasteiger partial charge in [-0.25, -0.2) is 0 Å². The van der Waals surface area contributed by atoms with Crippen molar-refractivity contribution in [1.82, 2.24) is 9.55 Å². The number of benzene rings is 4. The molecule has 2 heteroatoms. The molecule has 1 atom stereocenters. The fourth-order valence-electron chi connectivity index (χ4n) is 5.50. The van der Waals surface area contributed by atoms with Crippen LogP contribution in [0.15, 0.2) is 84.9 Å². The molecule has 0 saturated carbocycles. The summed E-state index contributed by atoms with van der Waals surface area (Å²) in [6.07, 6.45) is 5.71. The fraction of sp³-hybridized carbons (Fsp3) is 0.103. The smallest absolute Gasteiger partial charge is 0.0548 e. The van der Waals surface area contributed by atoms with E-state index < -0.39 is 0 Å². The normalized spacial score (nSPS) is 16.0. The number of aromatic amines is 1. The summed E-state index contributed by atoms with van der Waals surface area (Å²) in [6, 6.07) is 28.9. The minimum absolute atomic E-state index is 0.582. The largest absolute Gasteiger partial charge is 0.354 e. The molecule has 0 bridgehead atoms. The molecule has 0 spiro atoms. The Morgan fingerprint density at radius 2 is 1.61 bits per heavy atom. The van der Waals surface area contributed by atoms with Gasteiger partial charge in [0.2, 0.25) is 0 Å². The van der Waals surface area contributed by atoms with Gasteiger partial charge >= 0.3 is 0 Å². The van der Waals surface area contributed by atoms with Crippen molar-refractivity contribution >= 4 is 49.7 Å². The number of para-hydroxylation sites is 2. The van der Waals surface area contributed by atoms with Gasteiger partial charge in [0, 0.05) is 38.3 Å². The monoisotopic (exact) mass is 398 g/mol. The first-order chi connectivity index (χ1) is 15.3. The number of nitrogens with zero attached hydrogens (tertiary/aromatic N) is 1. The Morgan fingerprint density at radius 1 is 0.774 bits per heavy atom. The first kappa shape index (κ1) is 17.0. The minimum Gasteiger partial charge on any atom is -0.354 e. The van der Waals surface area contributed by atoms with Gasteiger partial charge in [0.1, 0.15) is 0 Å². The van der Waals surface area contributed by atoms with Crippen LogP contribution in [0.4, 0.5) is 0 Å². The van der Waals surface area contributed by atoms with E-state index in [9.17, 15) is 0 Å². The second-order valence-electron chi connectivity index (χ2n) is 8.76. The number of fused-ring (bicyclic) bond motifs is 8. The highest BCUT2D eigenvalue weighted by atomic mass is 15.0. The molecular formula is C29H22N2. The first-order valence-corrected chi connectivity index (χ1v) is 11.0. The molecule has 2 aromatic heterocycles. The van der Waals surface area contributed by atoms with E-state index in [2.05, 4.69) is 107 Å². The summed E-state index contributed by atoms with van der Waals surface area (Å²) in [6.45, 7) is 2.32. The molecule has 0 saturated heterocycles. The SMILES string of the molecule is CC1CC=Cc2cc(-n3c4ccccc4c4c5c(ccc43)[nH]c3ccccc35)ccc21. The van der Waals surface area contributed by atoms with Crippen molar-refractivity contribution in [2.75, 3.05) is 0 Å². The quantitative estimate of drug-likeness (QED) is 0.290. The van der Waals surface area contributed by atoms with E-state index in [-0.39, 0.29) is 0 Å². The van der Waals surface area contributed by atoms with Crippen LogP contribution in [0.2, 0.25) is 0 Å². The van der Waals surface area contributed by atoms with Crippen molar-refractivity contribution in [3.05, 3.63) is 96.1 Å². The highest BCUT2D eigenvalue weighted by Crippen LogP contribution is 2.40. The lowest BCUT2D eigenvalue weighted by atomic mass is 9.88. The van der Waals surface area contributed by atoms with Crippen molar-refractivity contribution < 1.29 is 0 Å². The minimum atomic E-state index is 0.582. The molecule has 1 unspecified atom stereocenters. The predicted molar refractivity (Wildman–Crippen MR) is 132 cm³/mol. The van der Waals surface area contributed by atoms with Crippen LogP contribution in [-0.4, -0.2) is 9.55 Å². The van der Waals surface area contributed by atoms with Gasteiger partial charge in [0.05, 0.1) is 11.0 Å². The molecule has 1 aliphatic carbocycles. The number of allylic oxidation sites excluding steroid dienone is 1. The maximum absolute atomic E-state index is 3.61. The molecule has 31 heavy (non-hydrogen) atoms. The highest BCUT2D eigenvalue weighted by molar-refractivity contribution is 6.28. The summed E-state index contributed by atoms with van der Waals surface area (Å²) in [7, 11) is 0. The summed E-state index contributed by atoms with van der Waals surface area (Å²) in [4.78, 5) is 3.61. The molecule has 2 heterocycles. The van der Waals surface area contributed by atoms with Crippen molar-refractivity contribution in [3.8, 4) is 5.69 Å². The third-order valence-electron chi connectivity index (χ3n) is 6.95. The lowest BCUT2D eigenvalue weighted by Gasteiger charge is -2.19. The van der Waals surface area contributed by atoms with Gasteiger partial charge in [0.15, 0.2) is 0 Å². The summed E-state index contributed by atoms with van der Waals surface area (Å²) in [5.74, 6) is 0.582. The standard InChI is InChI=1S/C29H22N2/c1-18-7-6-8-19-17-20(13-14-21(18)19)31-26-12-5-3-10-23(26)29-27(31)16-15-25-28(29)22-9-2-4-11-24(22)30-25/h2-6,8-18,30H,7H2,1H3. The zero-order valence-electron chi connectivity index (χ0n) is 17.4. The van der Waals surface area contributed by atoms with Crippen LogP contribution < -0.4 is 0 Å². The van der Waals surface area contributed by atoms with Gasteiger partial charge in [-0.3, -0.25) is 0 Å². The van der Waals surface area contributed by atoms with Crippen LogP contribution in [-0.2, 0) is 0 Å². The summed E-state index contributed by atoms with van der Waals surface area (Å²) < 4.78 is 2.43. The Labute approximate surface area is 180 Å². The van der Waals surface area contributed by atoms with Crippen LogP contribution >= 0.6 is 0 Å². The van der Waals surface area contributed by atoms with Gasteiger partial charge in [-0.1, -0.05) is 61.5 Å². The Balaban J connectivity index is 1.64. The van der Waals surface area contributed by atoms with Gasteiger partial charge in [0.25, 0.3) is 0 Å². The molecule has 0 radical (unpaired) electrons. The van der Waals surface area contributed by atoms with E-state index in [1.165, 1.54) is 60.4 Å². The summed E-state index contributed by atoms with van der Waals surface area (Å²) in [5.41, 5.74) is 8.91. The Bertz CT molecular complexity index is 1680. The average Bonchev–Trinajstić information content (AvgIpc) is 3.34. The zero-order chi connectivity index (χ0) is 20.5. The van der Waals surface area contributed by atoms with Crippen LogP contribution in [0.25, 0.3) is 55.4 Å². The molecule has 0 fully saturated rings. The van der Waals surface area contributed by atoms with Gasteiger partial charge < -0.3 is 9.55 Å². The Hall–Kier alpha value is -3.78. The second kappa shape index (κ2) is 6.12. The van der Waals surface area contributed by atoms with Crippen LogP contribution in [0.5, 0.6) is 0 Å². The van der Waals surface area contributed by atoms with Gasteiger partial charge in [-0.05, 0) is 59.9 Å². The van der Waals surface area contributed by atoms with E-state index in [1.54, 1.807) is 0 Å². The van der Waals surface area contributed by atoms with Crippen molar-refractivity contribution in [3.63, 3.8) is 0 Å². The van der Waals surface area contributed by atoms with E-state index >= 15 is 0 Å². The lowest BCUT2D eigenvalue weighted by molar-refractivity contribution is 0.771. The number of rotatable bonds is 1. The number of H-pyrrole nitrogens is 1. The number of hydrogen-bond donors (Lipinski definition) is 1. The molecule has 0 amide bonds. The molecule has 1 N–H and O–H groups in total. The van der Waals surface area contributed by atoms with Gasteiger partial charge in [-0.2, -0.15) is 0 Å². The molecule has 148 valence electrons. The van der Waals surface area contributed by atoms with E-state index in [0.29, 0.717) is 5.92 Å². The third-order valence-corrected chi connectivity index (χ3v) is 6.95. The molecular weight excluding hydrogens is 376 g/mol. The lowest BCUT2D eigenvalue weighted by Crippen LogP contribution is -2.02. The van der Waals surface area contributed by atoms with E-state index in [0.717, 1.165) is 6.42 Å². The van der Waals surface area contributed by atoms with Gasteiger partial charge in [-0.15, -0.1) is 0 Å². The average molecular weight is 399 g/mol. The Kier molecular flexibility index (Phi) is 3.35. The number of hydrogen-bond acceptors (Lipinski definition) is 0. The Morgan fingerprint density at radius 3 is 2.55 bits per heavy atom. The molecule has 2 nitrogen and oxygen atoms in total. The molecule has 4 aromatic carbocycles. The zero-order valence-corrected chi connectivity index (χ0v) is 17.4. The molecule has 1 aliphatic rings. The van der Waals surface area contributed by atoms with Crippen LogP contribution in [0, 0.1) is 0 Å². The second-order valence-corrected chi connectivity index (χ2v) is 8.76. The molecule has 0 aliphatic heterocycles. The maximum Gasteiger partial charge on any atom is 0.0548 e. The molecule has 6 aromatic rings. The molecule has 7 rings (SSSR count). The van der Waals surface area contributed by atoms with Crippen molar-refractivity contribution in [2.45, 2.75) is 19.3 Å². The van der Waals surface area contributed by atoms with E-state index in [4.69, 9.17) is 0 Å². The van der Waals surface area contributed by atoms with Crippen molar-refractivity contribution in [2.24, 2.45) is 0 Å².